The molecule has 0 heterocycles. The molecule has 4 heteroatoms. The molecule has 1 aromatic carbocycles. The standard InChI is InChI=1S/C13H16Cl2N.Re/c14-11-5-4-10(8-12(11)15)13(9-16)6-2-1-3-7-13;/h2,4-5,8H,1,3,6-7,9,16H2;/q-1;/t13-;/m0./s1. The molecule has 95 valence electrons. The van der Waals surface area contributed by atoms with E-state index in [1.165, 1.54) is 18.4 Å². The van der Waals surface area contributed by atoms with E-state index in [9.17, 15) is 0 Å². The number of nitrogens with two attached hydrogens (primary N) is 1. The second-order valence-electron chi connectivity index (χ2n) is 4.50. The number of hydrogen-bond donors (Lipinski definition) is 1. The van der Waals surface area contributed by atoms with Crippen LogP contribution in [0.4, 0.5) is 0 Å². The molecule has 0 amide bonds. The van der Waals surface area contributed by atoms with E-state index < -0.39 is 0 Å². The van der Waals surface area contributed by atoms with Crippen LogP contribution in [0.2, 0.25) is 10.0 Å². The first-order valence-corrected chi connectivity index (χ1v) is 6.41. The Hall–Kier alpha value is 0.422. The van der Waals surface area contributed by atoms with Crippen LogP contribution in [0.15, 0.2) is 18.2 Å². The molecule has 1 nitrogen and oxygen atoms in total. The van der Waals surface area contributed by atoms with Gasteiger partial charge in [-0.1, -0.05) is 35.7 Å². The molecule has 2 rings (SSSR count). The fraction of sp³-hybridized carbons (Fsp3) is 0.462. The molecule has 1 aromatic rings. The SMILES string of the molecule is NC[C@]1(c2ccc(Cl)c(Cl)c2)C[CH-]CCC1.[Re]. The smallest absolute Gasteiger partial charge is 0.0595 e. The van der Waals surface area contributed by atoms with Crippen molar-refractivity contribution >= 4 is 23.2 Å². The minimum atomic E-state index is 0. The van der Waals surface area contributed by atoms with Crippen LogP contribution in [-0.2, 0) is 25.8 Å². The topological polar surface area (TPSA) is 26.0 Å². The first-order chi connectivity index (χ1) is 7.68. The van der Waals surface area contributed by atoms with Crippen molar-refractivity contribution in [3.05, 3.63) is 40.2 Å². The summed E-state index contributed by atoms with van der Waals surface area (Å²) in [5, 5.41) is 1.23. The van der Waals surface area contributed by atoms with Gasteiger partial charge in [-0.05, 0) is 36.1 Å². The Kier molecular flexibility index (Phi) is 5.96. The molecule has 17 heavy (non-hydrogen) atoms. The first kappa shape index (κ1) is 15.5. The Morgan fingerprint density at radius 1 is 1.29 bits per heavy atom. The van der Waals surface area contributed by atoms with Crippen LogP contribution in [0.1, 0.15) is 31.2 Å². The zero-order valence-electron chi connectivity index (χ0n) is 9.56. The minimum absolute atomic E-state index is 0. The van der Waals surface area contributed by atoms with E-state index in [-0.39, 0.29) is 25.8 Å². The quantitative estimate of drug-likeness (QED) is 0.688. The van der Waals surface area contributed by atoms with Crippen LogP contribution in [0.25, 0.3) is 0 Å². The van der Waals surface area contributed by atoms with E-state index in [1.807, 2.05) is 12.1 Å². The van der Waals surface area contributed by atoms with Gasteiger partial charge in [0, 0.05) is 20.4 Å². The van der Waals surface area contributed by atoms with Crippen LogP contribution in [0, 0.1) is 6.42 Å². The van der Waals surface area contributed by atoms with Crippen molar-refractivity contribution in [3.63, 3.8) is 0 Å². The summed E-state index contributed by atoms with van der Waals surface area (Å²) in [6.45, 7) is 0.668. The molecule has 1 aliphatic carbocycles. The summed E-state index contributed by atoms with van der Waals surface area (Å²) < 4.78 is 0. The van der Waals surface area contributed by atoms with Gasteiger partial charge in [0.15, 0.2) is 0 Å². The number of halogens is 2. The molecule has 2 N–H and O–H groups in total. The van der Waals surface area contributed by atoms with E-state index in [0.717, 1.165) is 12.8 Å². The van der Waals surface area contributed by atoms with Gasteiger partial charge in [-0.3, -0.25) is 0 Å². The molecule has 0 unspecified atom stereocenters. The van der Waals surface area contributed by atoms with E-state index in [1.54, 1.807) is 0 Å². The molecular weight excluding hydrogens is 427 g/mol. The second kappa shape index (κ2) is 6.55. The van der Waals surface area contributed by atoms with Crippen molar-refractivity contribution < 1.29 is 20.4 Å². The monoisotopic (exact) mass is 443 g/mol. The normalized spacial score (nSPS) is 24.2. The van der Waals surface area contributed by atoms with Gasteiger partial charge in [0.05, 0.1) is 10.0 Å². The fourth-order valence-electron chi connectivity index (χ4n) is 2.46. The van der Waals surface area contributed by atoms with Crippen LogP contribution in [-0.4, -0.2) is 6.54 Å². The maximum Gasteiger partial charge on any atom is 0.0595 e. The maximum absolute atomic E-state index is 6.07. The maximum atomic E-state index is 6.07. The van der Waals surface area contributed by atoms with E-state index in [4.69, 9.17) is 28.9 Å². The van der Waals surface area contributed by atoms with Gasteiger partial charge in [-0.2, -0.15) is 12.8 Å². The van der Waals surface area contributed by atoms with Crippen molar-refractivity contribution in [2.24, 2.45) is 5.73 Å². The molecule has 0 spiro atoms. The third-order valence-electron chi connectivity index (χ3n) is 3.52. The van der Waals surface area contributed by atoms with Crippen LogP contribution >= 0.6 is 23.2 Å². The zero-order valence-corrected chi connectivity index (χ0v) is 13.8. The summed E-state index contributed by atoms with van der Waals surface area (Å²) in [4.78, 5) is 0. The Bertz CT molecular complexity index is 376. The Morgan fingerprint density at radius 2 is 2.06 bits per heavy atom. The van der Waals surface area contributed by atoms with Gasteiger partial charge in [0.1, 0.15) is 0 Å². The van der Waals surface area contributed by atoms with Gasteiger partial charge >= 0.3 is 0 Å². The van der Waals surface area contributed by atoms with Crippen LogP contribution < -0.4 is 5.73 Å². The van der Waals surface area contributed by atoms with Gasteiger partial charge in [-0.15, -0.1) is 0 Å². The van der Waals surface area contributed by atoms with Crippen molar-refractivity contribution in [1.29, 1.82) is 0 Å². The van der Waals surface area contributed by atoms with Crippen LogP contribution in [0.5, 0.6) is 0 Å². The fourth-order valence-corrected chi connectivity index (χ4v) is 2.75. The van der Waals surface area contributed by atoms with E-state index in [0.29, 0.717) is 16.6 Å². The number of hydrogen-bond acceptors (Lipinski definition) is 1. The van der Waals surface area contributed by atoms with Gasteiger partial charge in [0.2, 0.25) is 0 Å². The van der Waals surface area contributed by atoms with Gasteiger partial charge in [0.25, 0.3) is 0 Å². The van der Waals surface area contributed by atoms with Gasteiger partial charge < -0.3 is 12.2 Å². The molecular formula is C13H16Cl2NRe-. The molecule has 1 saturated carbocycles. The predicted octanol–water partition coefficient (Wildman–Crippen LogP) is 3.97. The summed E-state index contributed by atoms with van der Waals surface area (Å²) in [6.07, 6.45) is 6.92. The number of benzene rings is 1. The van der Waals surface area contributed by atoms with Crippen molar-refractivity contribution in [1.82, 2.24) is 0 Å². The van der Waals surface area contributed by atoms with Crippen molar-refractivity contribution in [2.75, 3.05) is 6.54 Å². The molecule has 0 aromatic heterocycles. The Labute approximate surface area is 127 Å². The Morgan fingerprint density at radius 3 is 2.59 bits per heavy atom. The Balaban J connectivity index is 0.00000144. The average Bonchev–Trinajstić information content (AvgIpc) is 2.33. The molecule has 0 saturated heterocycles. The summed E-state index contributed by atoms with van der Waals surface area (Å²) in [5.74, 6) is 0. The molecule has 1 radical (unpaired) electrons. The van der Waals surface area contributed by atoms with Crippen molar-refractivity contribution in [3.8, 4) is 0 Å². The molecule has 1 atom stereocenters. The third-order valence-corrected chi connectivity index (χ3v) is 4.26. The second-order valence-corrected chi connectivity index (χ2v) is 5.31. The first-order valence-electron chi connectivity index (χ1n) is 5.65. The molecule has 1 aliphatic rings. The van der Waals surface area contributed by atoms with E-state index >= 15 is 0 Å². The largest absolute Gasteiger partial charge is 0.330 e. The predicted molar refractivity (Wildman–Crippen MR) is 70.0 cm³/mol. The molecule has 0 aliphatic heterocycles. The van der Waals surface area contributed by atoms with Gasteiger partial charge in [-0.25, -0.2) is 0 Å². The van der Waals surface area contributed by atoms with Crippen molar-refractivity contribution in [2.45, 2.75) is 31.1 Å². The average molecular weight is 443 g/mol. The number of rotatable bonds is 2. The summed E-state index contributed by atoms with van der Waals surface area (Å²) in [7, 11) is 0. The van der Waals surface area contributed by atoms with E-state index in [2.05, 4.69) is 12.5 Å². The summed E-state index contributed by atoms with van der Waals surface area (Å²) >= 11 is 12.0. The zero-order chi connectivity index (χ0) is 11.6. The molecule has 1 fully saturated rings. The summed E-state index contributed by atoms with van der Waals surface area (Å²) in [6, 6.07) is 5.89. The third kappa shape index (κ3) is 3.25. The molecule has 0 bridgehead atoms. The minimum Gasteiger partial charge on any atom is -0.330 e. The summed E-state index contributed by atoms with van der Waals surface area (Å²) in [5.41, 5.74) is 7.26. The van der Waals surface area contributed by atoms with Crippen LogP contribution in [0.3, 0.4) is 0 Å².